The molecule has 1 aromatic heterocycles. The summed E-state index contributed by atoms with van der Waals surface area (Å²) >= 11 is 11.8. The molecule has 0 saturated heterocycles. The lowest BCUT2D eigenvalue weighted by Crippen LogP contribution is -2.41. The number of aromatic amines is 1. The fourth-order valence-corrected chi connectivity index (χ4v) is 3.96. The molecule has 0 aliphatic carbocycles. The van der Waals surface area contributed by atoms with E-state index in [0.717, 1.165) is 22.5 Å². The standard InChI is InChI=1S/C20H16Cl2F2N2O2/c21-6-8-28-20(27)26-7-5-13-15-9-11(22)1-4-17(15)25-18(13)19(26)14-3-2-12(23)10-16(14)24/h1-4,9-10,19,25H,5-8H2. The molecule has 2 aromatic carbocycles. The molecule has 1 atom stereocenters. The minimum Gasteiger partial charge on any atom is -0.448 e. The number of amides is 1. The fraction of sp³-hybridized carbons (Fsp3) is 0.250. The van der Waals surface area contributed by atoms with E-state index in [0.29, 0.717) is 23.7 Å². The van der Waals surface area contributed by atoms with Gasteiger partial charge in [0.2, 0.25) is 0 Å². The molecule has 0 saturated carbocycles. The summed E-state index contributed by atoms with van der Waals surface area (Å²) in [6.07, 6.45) is -0.0537. The topological polar surface area (TPSA) is 45.3 Å². The van der Waals surface area contributed by atoms with Crippen molar-refractivity contribution in [1.29, 1.82) is 0 Å². The Labute approximate surface area is 170 Å². The van der Waals surface area contributed by atoms with Crippen molar-refractivity contribution in [3.05, 3.63) is 69.9 Å². The first-order valence-corrected chi connectivity index (χ1v) is 9.65. The van der Waals surface area contributed by atoms with E-state index in [9.17, 15) is 13.6 Å². The molecule has 8 heteroatoms. The third kappa shape index (κ3) is 3.31. The van der Waals surface area contributed by atoms with Gasteiger partial charge in [0, 0.05) is 39.8 Å². The molecule has 0 spiro atoms. The summed E-state index contributed by atoms with van der Waals surface area (Å²) in [5.74, 6) is -1.26. The van der Waals surface area contributed by atoms with Gasteiger partial charge in [0.25, 0.3) is 0 Å². The van der Waals surface area contributed by atoms with Gasteiger partial charge < -0.3 is 9.72 Å². The average molecular weight is 425 g/mol. The van der Waals surface area contributed by atoms with Gasteiger partial charge in [-0.05, 0) is 36.2 Å². The van der Waals surface area contributed by atoms with Gasteiger partial charge in [-0.15, -0.1) is 11.6 Å². The van der Waals surface area contributed by atoms with Crippen molar-refractivity contribution in [3.8, 4) is 0 Å². The Morgan fingerprint density at radius 1 is 1.25 bits per heavy atom. The molecular formula is C20H16Cl2F2N2O2. The maximum Gasteiger partial charge on any atom is 0.410 e. The van der Waals surface area contributed by atoms with Crippen LogP contribution in [0.2, 0.25) is 5.02 Å². The van der Waals surface area contributed by atoms with Crippen molar-refractivity contribution in [1.82, 2.24) is 9.88 Å². The van der Waals surface area contributed by atoms with E-state index in [-0.39, 0.29) is 18.1 Å². The number of halogens is 4. The average Bonchev–Trinajstić information content (AvgIpc) is 3.03. The Kier molecular flexibility index (Phi) is 5.17. The van der Waals surface area contributed by atoms with Crippen LogP contribution in [0.5, 0.6) is 0 Å². The Morgan fingerprint density at radius 2 is 2.07 bits per heavy atom. The summed E-state index contributed by atoms with van der Waals surface area (Å²) in [4.78, 5) is 17.3. The highest BCUT2D eigenvalue weighted by Gasteiger charge is 2.37. The van der Waals surface area contributed by atoms with Crippen molar-refractivity contribution in [3.63, 3.8) is 0 Å². The summed E-state index contributed by atoms with van der Waals surface area (Å²) in [7, 11) is 0. The molecule has 4 rings (SSSR count). The van der Waals surface area contributed by atoms with Crippen LogP contribution < -0.4 is 0 Å². The number of rotatable bonds is 3. The van der Waals surface area contributed by atoms with Gasteiger partial charge >= 0.3 is 6.09 Å². The number of H-pyrrole nitrogens is 1. The number of fused-ring (bicyclic) bond motifs is 3. The molecule has 4 nitrogen and oxygen atoms in total. The summed E-state index contributed by atoms with van der Waals surface area (Å²) in [5.41, 5.74) is 2.63. The Balaban J connectivity index is 1.87. The van der Waals surface area contributed by atoms with E-state index in [1.165, 1.54) is 17.0 Å². The Bertz CT molecular complexity index is 1050. The quantitative estimate of drug-likeness (QED) is 0.570. The summed E-state index contributed by atoms with van der Waals surface area (Å²) in [6, 6.07) is 7.99. The van der Waals surface area contributed by atoms with Gasteiger partial charge in [0.1, 0.15) is 24.3 Å². The second kappa shape index (κ2) is 7.60. The molecule has 1 aliphatic rings. The van der Waals surface area contributed by atoms with Crippen LogP contribution in [-0.4, -0.2) is 35.0 Å². The lowest BCUT2D eigenvalue weighted by atomic mass is 9.92. The highest BCUT2D eigenvalue weighted by molar-refractivity contribution is 6.31. The van der Waals surface area contributed by atoms with Gasteiger partial charge in [0.15, 0.2) is 0 Å². The number of benzene rings is 2. The van der Waals surface area contributed by atoms with E-state index >= 15 is 0 Å². The largest absolute Gasteiger partial charge is 0.448 e. The van der Waals surface area contributed by atoms with E-state index in [1.807, 2.05) is 12.1 Å². The molecule has 0 fully saturated rings. The number of ether oxygens (including phenoxy) is 1. The molecule has 1 amide bonds. The van der Waals surface area contributed by atoms with Crippen LogP contribution in [0, 0.1) is 11.6 Å². The van der Waals surface area contributed by atoms with Crippen molar-refractivity contribution >= 4 is 40.2 Å². The van der Waals surface area contributed by atoms with E-state index < -0.39 is 23.8 Å². The predicted molar refractivity (Wildman–Crippen MR) is 104 cm³/mol. The van der Waals surface area contributed by atoms with Gasteiger partial charge in [-0.25, -0.2) is 13.6 Å². The Hall–Kier alpha value is -2.31. The van der Waals surface area contributed by atoms with Crippen LogP contribution in [0.3, 0.4) is 0 Å². The summed E-state index contributed by atoms with van der Waals surface area (Å²) in [5, 5.41) is 1.51. The molecule has 2 heterocycles. The van der Waals surface area contributed by atoms with Crippen LogP contribution in [0.25, 0.3) is 10.9 Å². The molecular weight excluding hydrogens is 409 g/mol. The third-order valence-corrected chi connectivity index (χ3v) is 5.27. The molecule has 1 unspecified atom stereocenters. The zero-order valence-electron chi connectivity index (χ0n) is 14.6. The number of nitrogens with one attached hydrogen (secondary N) is 1. The highest BCUT2D eigenvalue weighted by atomic mass is 35.5. The number of hydrogen-bond acceptors (Lipinski definition) is 2. The van der Waals surface area contributed by atoms with Crippen molar-refractivity contribution < 1.29 is 18.3 Å². The van der Waals surface area contributed by atoms with E-state index in [4.69, 9.17) is 27.9 Å². The van der Waals surface area contributed by atoms with E-state index in [2.05, 4.69) is 4.98 Å². The van der Waals surface area contributed by atoms with Crippen LogP contribution in [0.15, 0.2) is 36.4 Å². The first-order chi connectivity index (χ1) is 13.5. The second-order valence-electron chi connectivity index (χ2n) is 6.52. The number of carbonyl (C=O) groups excluding carboxylic acids is 1. The monoisotopic (exact) mass is 424 g/mol. The second-order valence-corrected chi connectivity index (χ2v) is 7.34. The minimum absolute atomic E-state index is 0.0463. The normalized spacial score (nSPS) is 16.3. The SMILES string of the molecule is O=C(OCCCl)N1CCc2c([nH]c3ccc(Cl)cc23)C1c1ccc(F)cc1F. The van der Waals surface area contributed by atoms with Gasteiger partial charge in [-0.2, -0.15) is 0 Å². The van der Waals surface area contributed by atoms with Crippen LogP contribution >= 0.6 is 23.2 Å². The molecule has 3 aromatic rings. The molecule has 1 N–H and O–H groups in total. The maximum atomic E-state index is 14.7. The first-order valence-electron chi connectivity index (χ1n) is 8.74. The smallest absolute Gasteiger partial charge is 0.410 e. The predicted octanol–water partition coefficient (Wildman–Crippen LogP) is 5.42. The van der Waals surface area contributed by atoms with Crippen molar-refractivity contribution in [2.45, 2.75) is 12.5 Å². The molecule has 28 heavy (non-hydrogen) atoms. The lowest BCUT2D eigenvalue weighted by molar-refractivity contribution is 0.0931. The first kappa shape index (κ1) is 19.0. The Morgan fingerprint density at radius 3 is 2.82 bits per heavy atom. The lowest BCUT2D eigenvalue weighted by Gasteiger charge is -2.35. The minimum atomic E-state index is -0.779. The summed E-state index contributed by atoms with van der Waals surface area (Å²) in [6.45, 7) is 0.361. The zero-order chi connectivity index (χ0) is 19.8. The molecule has 0 radical (unpaired) electrons. The number of hydrogen-bond donors (Lipinski definition) is 1. The van der Waals surface area contributed by atoms with Crippen LogP contribution in [0.1, 0.15) is 22.9 Å². The highest BCUT2D eigenvalue weighted by Crippen LogP contribution is 2.40. The zero-order valence-corrected chi connectivity index (χ0v) is 16.2. The van der Waals surface area contributed by atoms with Crippen molar-refractivity contribution in [2.75, 3.05) is 19.0 Å². The third-order valence-electron chi connectivity index (χ3n) is 4.88. The van der Waals surface area contributed by atoms with Gasteiger partial charge in [-0.1, -0.05) is 17.7 Å². The van der Waals surface area contributed by atoms with Crippen LogP contribution in [0.4, 0.5) is 13.6 Å². The number of aromatic nitrogens is 1. The molecule has 0 bridgehead atoms. The maximum absolute atomic E-state index is 14.7. The van der Waals surface area contributed by atoms with Crippen molar-refractivity contribution in [2.24, 2.45) is 0 Å². The number of carbonyl (C=O) groups is 1. The summed E-state index contributed by atoms with van der Waals surface area (Å²) < 4.78 is 33.3. The van der Waals surface area contributed by atoms with Gasteiger partial charge in [0.05, 0.1) is 5.88 Å². The number of alkyl halides is 1. The number of nitrogens with zero attached hydrogens (tertiary/aromatic N) is 1. The van der Waals surface area contributed by atoms with Crippen LogP contribution in [-0.2, 0) is 11.2 Å². The van der Waals surface area contributed by atoms with Gasteiger partial charge in [-0.3, -0.25) is 4.90 Å². The molecule has 146 valence electrons. The molecule has 1 aliphatic heterocycles. The van der Waals surface area contributed by atoms with E-state index in [1.54, 1.807) is 6.07 Å². The fourth-order valence-electron chi connectivity index (χ4n) is 3.71.